The molecule has 0 radical (unpaired) electrons. The summed E-state index contributed by atoms with van der Waals surface area (Å²) in [5.41, 5.74) is 3.17. The molecular weight excluding hydrogens is 454 g/mol. The van der Waals surface area contributed by atoms with Gasteiger partial charge in [-0.1, -0.05) is 68.8 Å². The molecule has 5 nitrogen and oxygen atoms in total. The van der Waals surface area contributed by atoms with E-state index < -0.39 is 0 Å². The normalized spacial score (nSPS) is 19.9. The van der Waals surface area contributed by atoms with Gasteiger partial charge in [0.05, 0.1) is 16.3 Å². The van der Waals surface area contributed by atoms with Crippen LogP contribution in [0.4, 0.5) is 0 Å². The third-order valence-corrected chi connectivity index (χ3v) is 8.04. The Hall–Kier alpha value is -2.02. The van der Waals surface area contributed by atoms with Gasteiger partial charge in [0.1, 0.15) is 5.37 Å². The van der Waals surface area contributed by atoms with Crippen molar-refractivity contribution in [1.29, 1.82) is 0 Å². The van der Waals surface area contributed by atoms with Crippen LogP contribution in [0.3, 0.4) is 0 Å². The highest BCUT2D eigenvalue weighted by atomic mass is 35.5. The zero-order valence-electron chi connectivity index (χ0n) is 19.6. The number of hydrogen-bond donors (Lipinski definition) is 0. The summed E-state index contributed by atoms with van der Waals surface area (Å²) in [5.74, 6) is 0.730. The Morgan fingerprint density at radius 3 is 2.30 bits per heavy atom. The van der Waals surface area contributed by atoms with E-state index in [9.17, 15) is 9.59 Å². The van der Waals surface area contributed by atoms with E-state index >= 15 is 0 Å². The molecule has 7 heteroatoms. The molecule has 176 valence electrons. The monoisotopic (exact) mass is 485 g/mol. The molecule has 0 spiro atoms. The maximum atomic E-state index is 12.8. The van der Waals surface area contributed by atoms with Crippen LogP contribution in [-0.4, -0.2) is 71.5 Å². The first-order chi connectivity index (χ1) is 15.7. The van der Waals surface area contributed by atoms with E-state index in [-0.39, 0.29) is 22.6 Å². The molecule has 2 aromatic rings. The maximum Gasteiger partial charge on any atom is 0.255 e. The second-order valence-electron chi connectivity index (χ2n) is 9.74. The summed E-state index contributed by atoms with van der Waals surface area (Å²) in [6, 6.07) is 15.9. The average Bonchev–Trinajstić information content (AvgIpc) is 3.17. The van der Waals surface area contributed by atoms with Crippen LogP contribution in [0.2, 0.25) is 5.02 Å². The molecule has 2 saturated heterocycles. The second-order valence-corrected chi connectivity index (χ2v) is 11.2. The van der Waals surface area contributed by atoms with E-state index in [1.165, 1.54) is 11.1 Å². The van der Waals surface area contributed by atoms with E-state index in [2.05, 4.69) is 49.9 Å². The summed E-state index contributed by atoms with van der Waals surface area (Å²) in [7, 11) is 0. The lowest BCUT2D eigenvalue weighted by Gasteiger charge is -2.36. The van der Waals surface area contributed by atoms with Crippen molar-refractivity contribution in [2.24, 2.45) is 0 Å². The quantitative estimate of drug-likeness (QED) is 0.617. The summed E-state index contributed by atoms with van der Waals surface area (Å²) >= 11 is 7.91. The van der Waals surface area contributed by atoms with Crippen LogP contribution in [0.25, 0.3) is 0 Å². The summed E-state index contributed by atoms with van der Waals surface area (Å²) < 4.78 is 0. The maximum absolute atomic E-state index is 12.8. The van der Waals surface area contributed by atoms with Gasteiger partial charge in [-0.3, -0.25) is 14.5 Å². The van der Waals surface area contributed by atoms with Crippen molar-refractivity contribution in [2.45, 2.75) is 31.6 Å². The zero-order valence-corrected chi connectivity index (χ0v) is 21.2. The number of carbonyl (C=O) groups is 2. The number of carbonyl (C=O) groups excluding carboxylic acids is 2. The fourth-order valence-electron chi connectivity index (χ4n) is 4.35. The Balaban J connectivity index is 1.32. The molecule has 2 aliphatic heterocycles. The fourth-order valence-corrected chi connectivity index (χ4v) is 5.78. The van der Waals surface area contributed by atoms with Gasteiger partial charge < -0.3 is 9.80 Å². The molecule has 33 heavy (non-hydrogen) atoms. The second kappa shape index (κ2) is 10.1. The van der Waals surface area contributed by atoms with Gasteiger partial charge in [-0.25, -0.2) is 0 Å². The number of amides is 2. The van der Waals surface area contributed by atoms with Gasteiger partial charge >= 0.3 is 0 Å². The van der Waals surface area contributed by atoms with Gasteiger partial charge in [0.2, 0.25) is 5.91 Å². The zero-order chi connectivity index (χ0) is 23.6. The molecule has 2 aromatic carbocycles. The predicted molar refractivity (Wildman–Crippen MR) is 136 cm³/mol. The lowest BCUT2D eigenvalue weighted by atomic mass is 9.87. The number of benzene rings is 2. The van der Waals surface area contributed by atoms with E-state index in [1.54, 1.807) is 23.9 Å². The van der Waals surface area contributed by atoms with E-state index in [4.69, 9.17) is 11.6 Å². The Bertz CT molecular complexity index is 997. The van der Waals surface area contributed by atoms with Crippen LogP contribution < -0.4 is 0 Å². The average molecular weight is 486 g/mol. The van der Waals surface area contributed by atoms with Crippen LogP contribution in [0.15, 0.2) is 48.5 Å². The van der Waals surface area contributed by atoms with E-state index in [0.717, 1.165) is 19.6 Å². The summed E-state index contributed by atoms with van der Waals surface area (Å²) in [4.78, 5) is 31.6. The highest BCUT2D eigenvalue weighted by molar-refractivity contribution is 8.00. The molecular formula is C26H32ClN3O2S. The molecule has 2 fully saturated rings. The first kappa shape index (κ1) is 24.1. The van der Waals surface area contributed by atoms with Gasteiger partial charge in [0.25, 0.3) is 5.91 Å². The molecule has 0 aliphatic carbocycles. The van der Waals surface area contributed by atoms with Crippen molar-refractivity contribution < 1.29 is 9.59 Å². The summed E-state index contributed by atoms with van der Waals surface area (Å²) in [6.07, 6.45) is 0. The molecule has 2 aliphatic rings. The minimum Gasteiger partial charge on any atom is -0.336 e. The molecule has 1 atom stereocenters. The first-order valence-electron chi connectivity index (χ1n) is 11.5. The van der Waals surface area contributed by atoms with Crippen LogP contribution in [0.1, 0.15) is 47.6 Å². The molecule has 2 heterocycles. The van der Waals surface area contributed by atoms with Gasteiger partial charge in [0.15, 0.2) is 0 Å². The first-order valence-corrected chi connectivity index (χ1v) is 12.9. The number of nitrogens with zero attached hydrogens (tertiary/aromatic N) is 3. The molecule has 2 amide bonds. The van der Waals surface area contributed by atoms with Gasteiger partial charge in [-0.2, -0.15) is 0 Å². The third kappa shape index (κ3) is 5.56. The van der Waals surface area contributed by atoms with Crippen LogP contribution in [0.5, 0.6) is 0 Å². The third-order valence-electron chi connectivity index (χ3n) is 6.45. The topological polar surface area (TPSA) is 43.9 Å². The largest absolute Gasteiger partial charge is 0.336 e. The minimum atomic E-state index is -0.00913. The Kier molecular flexibility index (Phi) is 7.37. The van der Waals surface area contributed by atoms with Crippen molar-refractivity contribution in [2.75, 3.05) is 45.0 Å². The van der Waals surface area contributed by atoms with Crippen LogP contribution >= 0.6 is 23.4 Å². The minimum absolute atomic E-state index is 0.00913. The van der Waals surface area contributed by atoms with Gasteiger partial charge in [-0.15, -0.1) is 11.8 Å². The van der Waals surface area contributed by atoms with Crippen molar-refractivity contribution in [3.8, 4) is 0 Å². The molecule has 0 saturated carbocycles. The fraction of sp³-hybridized carbons (Fsp3) is 0.462. The Morgan fingerprint density at radius 1 is 1.00 bits per heavy atom. The number of piperazine rings is 1. The SMILES string of the molecule is CC(C)(C)c1ccc(C2SCC(=O)N2CCN2CCN(C(=O)c3ccccc3Cl)CC2)cc1. The van der Waals surface area contributed by atoms with Crippen LogP contribution in [-0.2, 0) is 10.2 Å². The summed E-state index contributed by atoms with van der Waals surface area (Å²) in [5, 5.41) is 0.575. The molecule has 0 aromatic heterocycles. The standard InChI is InChI=1S/C26H32ClN3O2S/c1-26(2,3)20-10-8-19(9-11-20)25-30(23(31)18-33-25)17-14-28-12-15-29(16-13-28)24(32)21-6-4-5-7-22(21)27/h4-11,25H,12-18H2,1-3H3. The highest BCUT2D eigenvalue weighted by Crippen LogP contribution is 2.39. The molecule has 0 N–H and O–H groups in total. The number of hydrogen-bond acceptors (Lipinski definition) is 4. The number of thioether (sulfide) groups is 1. The van der Waals surface area contributed by atoms with Crippen molar-refractivity contribution >= 4 is 35.2 Å². The number of rotatable bonds is 5. The molecule has 0 bridgehead atoms. The van der Waals surface area contributed by atoms with Crippen molar-refractivity contribution in [3.63, 3.8) is 0 Å². The van der Waals surface area contributed by atoms with Gasteiger partial charge in [-0.05, 0) is 28.7 Å². The smallest absolute Gasteiger partial charge is 0.255 e. The van der Waals surface area contributed by atoms with E-state index in [1.807, 2.05) is 21.9 Å². The Morgan fingerprint density at radius 2 is 1.67 bits per heavy atom. The Labute approximate surface area is 206 Å². The van der Waals surface area contributed by atoms with Crippen molar-refractivity contribution in [3.05, 3.63) is 70.2 Å². The lowest BCUT2D eigenvalue weighted by Crippen LogP contribution is -2.50. The molecule has 4 rings (SSSR count). The molecule has 1 unspecified atom stereocenters. The lowest BCUT2D eigenvalue weighted by molar-refractivity contribution is -0.128. The van der Waals surface area contributed by atoms with Crippen molar-refractivity contribution in [1.82, 2.24) is 14.7 Å². The summed E-state index contributed by atoms with van der Waals surface area (Å²) in [6.45, 7) is 11.1. The highest BCUT2D eigenvalue weighted by Gasteiger charge is 2.33. The van der Waals surface area contributed by atoms with Gasteiger partial charge in [0, 0.05) is 39.3 Å². The van der Waals surface area contributed by atoms with E-state index in [0.29, 0.717) is 36.0 Å². The number of halogens is 1. The van der Waals surface area contributed by atoms with Crippen LogP contribution in [0, 0.1) is 0 Å². The predicted octanol–water partition coefficient (Wildman–Crippen LogP) is 4.67.